The van der Waals surface area contributed by atoms with Crippen molar-refractivity contribution in [3.63, 3.8) is 0 Å². The number of rotatable bonds is 44. The molecule has 442 valence electrons. The van der Waals surface area contributed by atoms with Crippen molar-refractivity contribution in [2.24, 2.45) is 5.73 Å². The van der Waals surface area contributed by atoms with Crippen molar-refractivity contribution in [1.29, 1.82) is 0 Å². The number of phosphoric acid groups is 2. The van der Waals surface area contributed by atoms with Crippen LogP contribution in [0, 0.1) is 0 Å². The van der Waals surface area contributed by atoms with Crippen molar-refractivity contribution < 1.29 is 81.3 Å². The molecule has 0 saturated carbocycles. The summed E-state index contributed by atoms with van der Waals surface area (Å²) in [7, 11) is -11.1. The Morgan fingerprint density at radius 1 is 0.795 bits per heavy atom. The summed E-state index contributed by atoms with van der Waals surface area (Å²) in [6, 6.07) is -0.169. The molecule has 1 fully saturated rings. The van der Waals surface area contributed by atoms with E-state index in [9.17, 15) is 53.4 Å². The lowest BCUT2D eigenvalue weighted by molar-refractivity contribution is -0.161. The number of ether oxygens (including phenoxy) is 3. The molecule has 0 aliphatic carbocycles. The number of aromatic nitrogens is 2. The molecule has 22 nitrogen and oxygen atoms in total. The number of anilines is 1. The van der Waals surface area contributed by atoms with Crippen LogP contribution in [-0.2, 0) is 51.1 Å². The molecule has 0 bridgehead atoms. The van der Waals surface area contributed by atoms with Gasteiger partial charge >= 0.3 is 39.2 Å². The van der Waals surface area contributed by atoms with Gasteiger partial charge < -0.3 is 55.9 Å². The first kappa shape index (κ1) is 70.0. The highest BCUT2D eigenvalue weighted by Crippen LogP contribution is 2.60. The van der Waals surface area contributed by atoms with E-state index in [1.807, 2.05) is 18.2 Å². The van der Waals surface area contributed by atoms with Gasteiger partial charge in [-0.15, -0.1) is 11.8 Å². The van der Waals surface area contributed by atoms with E-state index in [1.165, 1.54) is 38.2 Å². The molecule has 1 saturated heterocycles. The van der Waals surface area contributed by atoms with Gasteiger partial charge in [-0.05, 0) is 70.3 Å². The van der Waals surface area contributed by atoms with Gasteiger partial charge in [-0.25, -0.2) is 13.9 Å². The average molecular weight is 1160 g/mol. The van der Waals surface area contributed by atoms with Gasteiger partial charge in [0.15, 0.2) is 12.3 Å². The van der Waals surface area contributed by atoms with Crippen LogP contribution < -0.4 is 17.2 Å². The maximum atomic E-state index is 13.4. The summed E-state index contributed by atoms with van der Waals surface area (Å²) >= 11 is 1.08. The van der Waals surface area contributed by atoms with E-state index >= 15 is 0 Å². The average Bonchev–Trinajstić information content (AvgIpc) is 3.70. The Morgan fingerprint density at radius 3 is 2.10 bits per heavy atom. The first-order valence-electron chi connectivity index (χ1n) is 26.9. The summed E-state index contributed by atoms with van der Waals surface area (Å²) in [5, 5.41) is 40.5. The number of esters is 2. The van der Waals surface area contributed by atoms with E-state index in [2.05, 4.69) is 59.6 Å². The van der Waals surface area contributed by atoms with Crippen molar-refractivity contribution in [1.82, 2.24) is 9.55 Å². The van der Waals surface area contributed by atoms with E-state index in [-0.39, 0.29) is 37.3 Å². The molecular formula is C53H86N4O18P2S. The van der Waals surface area contributed by atoms with Crippen LogP contribution >= 0.6 is 27.4 Å². The fourth-order valence-corrected chi connectivity index (χ4v) is 10.7. The number of carbonyl (C=O) groups excluding carboxylic acids is 2. The third kappa shape index (κ3) is 32.3. The van der Waals surface area contributed by atoms with Gasteiger partial charge in [-0.3, -0.25) is 28.0 Å². The smallest absolute Gasteiger partial charge is 0.481 e. The fourth-order valence-electron chi connectivity index (χ4n) is 7.43. The third-order valence-corrected chi connectivity index (χ3v) is 15.8. The fraction of sp³-hybridized carbons (Fsp3) is 0.642. The van der Waals surface area contributed by atoms with Gasteiger partial charge in [-0.2, -0.15) is 9.29 Å². The maximum Gasteiger partial charge on any atom is 0.481 e. The molecule has 1 aliphatic rings. The number of phosphoric ester groups is 2. The second-order valence-corrected chi connectivity index (χ2v) is 22.9. The number of nitrogens with two attached hydrogens (primary N) is 2. The normalized spacial score (nSPS) is 20.3. The predicted molar refractivity (Wildman–Crippen MR) is 299 cm³/mol. The highest BCUT2D eigenvalue weighted by Gasteiger charge is 2.46. The zero-order valence-corrected chi connectivity index (χ0v) is 47.7. The SMILES string of the molecule is CCCCC/C=C\C\C=C/C=C/C=C/[C@@H](SC[C@H](N)C(=O)O[C@H](COC(=O)CCCCCCC/C=C\C=C/CCCCCC)COP(=O)(O)OP(=O)(O)OC[C@H]1O[C@@H](n2ccc(N)nc2=O)[C@H](O)[C@@H]1O)[C@@H](O)CCCC(=O)O. The van der Waals surface area contributed by atoms with Crippen LogP contribution in [0.5, 0.6) is 0 Å². The van der Waals surface area contributed by atoms with Gasteiger partial charge in [0.1, 0.15) is 36.8 Å². The Labute approximate surface area is 463 Å². The Balaban J connectivity index is 2.07. The number of aliphatic hydroxyl groups is 3. The minimum Gasteiger partial charge on any atom is -0.481 e. The number of hydrogen-bond donors (Lipinski definition) is 8. The summed E-state index contributed by atoms with van der Waals surface area (Å²) in [4.78, 5) is 74.0. The zero-order chi connectivity index (χ0) is 57.6. The van der Waals surface area contributed by atoms with Gasteiger partial charge in [0, 0.05) is 30.0 Å². The molecule has 0 radical (unpaired) electrons. The monoisotopic (exact) mass is 1160 g/mol. The highest BCUT2D eigenvalue weighted by atomic mass is 32.2. The van der Waals surface area contributed by atoms with Crippen LogP contribution in [0.2, 0.25) is 0 Å². The molecule has 0 aromatic carbocycles. The molecule has 10 atom stereocenters. The van der Waals surface area contributed by atoms with Crippen molar-refractivity contribution in [3.05, 3.63) is 95.7 Å². The molecule has 78 heavy (non-hydrogen) atoms. The van der Waals surface area contributed by atoms with Gasteiger partial charge in [0.05, 0.1) is 19.3 Å². The van der Waals surface area contributed by atoms with Crippen LogP contribution in [0.15, 0.2) is 90.0 Å². The van der Waals surface area contributed by atoms with Gasteiger partial charge in [-0.1, -0.05) is 138 Å². The van der Waals surface area contributed by atoms with Crippen molar-refractivity contribution in [2.45, 2.75) is 190 Å². The standard InChI is InChI=1S/C53H86N4O18P2S/c1-3-5-7-9-11-13-15-17-18-19-21-23-25-27-29-34-48(61)70-37-41(38-71-76(66,67)75-77(68,69)72-39-44-49(62)50(63)51(74-44)57-36-35-46(55)56-53(57)65)73-52(64)42(54)40-78-45(43(58)31-30-33-47(59)60)32-28-26-24-22-20-16-14-12-10-8-6-4-2/h12-15,17-18,20,22,24,26,28,32,35-36,41-45,49-51,58,62-63H,3-11,16,19,21,23,25,27,29-31,33-34,37-40,54H2,1-2H3,(H,59,60)(H,66,67)(H,68,69)(H2,55,56,65)/b14-12-,15-13-,18-17-,22-20-,26-24+,32-28+/t41-,42+,43+,44-,45-,49-,50-,51-/m1/s1. The lowest BCUT2D eigenvalue weighted by Gasteiger charge is -2.23. The number of aliphatic hydroxyl groups excluding tert-OH is 3. The van der Waals surface area contributed by atoms with E-state index in [1.54, 1.807) is 18.2 Å². The summed E-state index contributed by atoms with van der Waals surface area (Å²) < 4.78 is 57.0. The third-order valence-electron chi connectivity index (χ3n) is 11.8. The number of nitrogens with zero attached hydrogens (tertiary/aromatic N) is 2. The molecule has 2 heterocycles. The first-order chi connectivity index (χ1) is 37.3. The quantitative estimate of drug-likeness (QED) is 0.0100. The van der Waals surface area contributed by atoms with E-state index < -0.39 is 107 Å². The lowest BCUT2D eigenvalue weighted by atomic mass is 10.1. The molecule has 25 heteroatoms. The molecule has 2 rings (SSSR count). The van der Waals surface area contributed by atoms with Gasteiger partial charge in [0.25, 0.3) is 0 Å². The van der Waals surface area contributed by atoms with E-state index in [0.717, 1.165) is 86.7 Å². The number of carboxylic acids is 1. The van der Waals surface area contributed by atoms with E-state index in [0.29, 0.717) is 6.42 Å². The van der Waals surface area contributed by atoms with Crippen molar-refractivity contribution >= 4 is 51.1 Å². The minimum absolute atomic E-state index is 0.00374. The lowest BCUT2D eigenvalue weighted by Crippen LogP contribution is -2.40. The van der Waals surface area contributed by atoms with Gasteiger partial charge in [0.2, 0.25) is 0 Å². The maximum absolute atomic E-state index is 13.4. The number of carboxylic acid groups (broad SMARTS) is 1. The molecule has 2 unspecified atom stereocenters. The summed E-state index contributed by atoms with van der Waals surface area (Å²) in [5.41, 5.74) is 10.8. The number of nitrogen functional groups attached to an aromatic ring is 1. The van der Waals surface area contributed by atoms with Crippen LogP contribution in [-0.4, -0.2) is 125 Å². The number of carbonyl (C=O) groups is 3. The first-order valence-corrected chi connectivity index (χ1v) is 30.9. The van der Waals surface area contributed by atoms with Crippen molar-refractivity contribution in [2.75, 3.05) is 31.3 Å². The Bertz CT molecular complexity index is 2230. The largest absolute Gasteiger partial charge is 0.481 e. The Morgan fingerprint density at radius 2 is 1.41 bits per heavy atom. The van der Waals surface area contributed by atoms with Crippen LogP contribution in [0.25, 0.3) is 0 Å². The zero-order valence-electron chi connectivity index (χ0n) is 45.1. The number of thioether (sulfide) groups is 1. The molecule has 10 N–H and O–H groups in total. The number of unbranched alkanes of at least 4 members (excludes halogenated alkanes) is 12. The highest BCUT2D eigenvalue weighted by molar-refractivity contribution is 8.00. The van der Waals surface area contributed by atoms with Crippen LogP contribution in [0.4, 0.5) is 5.82 Å². The second kappa shape index (κ2) is 41.0. The Hall–Kier alpha value is -4.06. The number of hydrogen-bond acceptors (Lipinski definition) is 19. The molecule has 1 aromatic rings. The second-order valence-electron chi connectivity index (χ2n) is 18.6. The molecule has 1 aromatic heterocycles. The molecule has 0 spiro atoms. The molecule has 1 aliphatic heterocycles. The predicted octanol–water partition coefficient (Wildman–Crippen LogP) is 8.20. The molecular weight excluding hydrogens is 1070 g/mol. The van der Waals surface area contributed by atoms with Crippen LogP contribution in [0.3, 0.4) is 0 Å². The topological polar surface area (TPSA) is 349 Å². The van der Waals surface area contributed by atoms with E-state index in [4.69, 9.17) is 39.8 Å². The Kier molecular flexibility index (Phi) is 36.8. The summed E-state index contributed by atoms with van der Waals surface area (Å²) in [5.74, 6) is -3.05. The van der Waals surface area contributed by atoms with Crippen LogP contribution in [0.1, 0.15) is 148 Å². The van der Waals surface area contributed by atoms with Crippen molar-refractivity contribution in [3.8, 4) is 0 Å². The number of allylic oxidation sites excluding steroid dienone is 11. The summed E-state index contributed by atoms with van der Waals surface area (Å²) in [6.45, 7) is 1.59. The number of aliphatic carboxylic acids is 1. The molecule has 0 amide bonds. The minimum atomic E-state index is -5.59. The summed E-state index contributed by atoms with van der Waals surface area (Å²) in [6.07, 6.45) is 31.8.